The average molecular weight is 325 g/mol. The maximum atomic E-state index is 12.5. The highest BCUT2D eigenvalue weighted by Crippen LogP contribution is 2.30. The number of aromatic amines is 1. The molecule has 3 aromatic heterocycles. The van der Waals surface area contributed by atoms with Crippen LogP contribution >= 0.6 is 0 Å². The molecule has 0 spiro atoms. The standard InChI is InChI=1S/C17H16FN5O/c1-10-21-13-8-20-17-12(2-5-19-17)15(13)16(22-10)11-3-6-23(9-11)7-4-14(18)24/h2-3,5,8H,4,6-7,9H2,1H3,(H,19,20). The second kappa shape index (κ2) is 5.76. The molecule has 0 saturated heterocycles. The Hall–Kier alpha value is -2.67. The molecule has 0 amide bonds. The van der Waals surface area contributed by atoms with Crippen molar-refractivity contribution in [3.05, 3.63) is 36.1 Å². The first-order valence-electron chi connectivity index (χ1n) is 7.82. The minimum absolute atomic E-state index is 0.0728. The van der Waals surface area contributed by atoms with Gasteiger partial charge in [-0.2, -0.15) is 4.39 Å². The van der Waals surface area contributed by atoms with Gasteiger partial charge in [-0.1, -0.05) is 6.08 Å². The van der Waals surface area contributed by atoms with Crippen LogP contribution < -0.4 is 0 Å². The number of pyridine rings is 1. The fraction of sp³-hybridized carbons (Fsp3) is 0.294. The maximum Gasteiger partial charge on any atom is 0.302 e. The Kier molecular flexibility index (Phi) is 3.57. The minimum Gasteiger partial charge on any atom is -0.346 e. The molecule has 4 heterocycles. The summed E-state index contributed by atoms with van der Waals surface area (Å²) in [4.78, 5) is 29.2. The highest BCUT2D eigenvalue weighted by molar-refractivity contribution is 6.08. The summed E-state index contributed by atoms with van der Waals surface area (Å²) in [7, 11) is 0. The molecule has 24 heavy (non-hydrogen) atoms. The van der Waals surface area contributed by atoms with Crippen LogP contribution in [0.4, 0.5) is 4.39 Å². The second-order valence-electron chi connectivity index (χ2n) is 5.95. The van der Waals surface area contributed by atoms with Crippen molar-refractivity contribution in [1.29, 1.82) is 0 Å². The van der Waals surface area contributed by atoms with E-state index in [2.05, 4.69) is 26.0 Å². The molecule has 4 rings (SSSR count). The number of aryl methyl sites for hydroxylation is 1. The van der Waals surface area contributed by atoms with Gasteiger partial charge in [-0.15, -0.1) is 0 Å². The molecule has 0 aromatic carbocycles. The van der Waals surface area contributed by atoms with E-state index >= 15 is 0 Å². The van der Waals surface area contributed by atoms with Crippen LogP contribution in [0.2, 0.25) is 0 Å². The number of rotatable bonds is 4. The van der Waals surface area contributed by atoms with E-state index in [1.54, 1.807) is 6.20 Å². The van der Waals surface area contributed by atoms with E-state index in [0.717, 1.165) is 33.2 Å². The molecule has 1 aliphatic heterocycles. The predicted molar refractivity (Wildman–Crippen MR) is 89.1 cm³/mol. The third-order valence-electron chi connectivity index (χ3n) is 4.28. The summed E-state index contributed by atoms with van der Waals surface area (Å²) in [6, 6.07) is 0.703. The molecule has 0 unspecified atom stereocenters. The number of nitrogens with one attached hydrogen (secondary N) is 1. The average Bonchev–Trinajstić information content (AvgIpc) is 3.20. The van der Waals surface area contributed by atoms with E-state index in [9.17, 15) is 9.18 Å². The minimum atomic E-state index is -1.27. The summed E-state index contributed by atoms with van der Waals surface area (Å²) in [6.45, 7) is 3.61. The highest BCUT2D eigenvalue weighted by atomic mass is 19.1. The lowest BCUT2D eigenvalue weighted by Crippen LogP contribution is -2.23. The maximum absolute atomic E-state index is 12.5. The fourth-order valence-electron chi connectivity index (χ4n) is 3.18. The summed E-state index contributed by atoms with van der Waals surface area (Å²) >= 11 is 0. The van der Waals surface area contributed by atoms with Crippen LogP contribution in [-0.2, 0) is 4.79 Å². The van der Waals surface area contributed by atoms with Gasteiger partial charge in [0, 0.05) is 36.6 Å². The molecule has 0 atom stereocenters. The molecule has 0 aliphatic carbocycles. The molecule has 1 N–H and O–H groups in total. The van der Waals surface area contributed by atoms with Crippen LogP contribution in [0.1, 0.15) is 17.9 Å². The Balaban J connectivity index is 1.76. The quantitative estimate of drug-likeness (QED) is 0.746. The molecule has 0 radical (unpaired) electrons. The zero-order valence-corrected chi connectivity index (χ0v) is 13.2. The van der Waals surface area contributed by atoms with Crippen molar-refractivity contribution in [3.63, 3.8) is 0 Å². The van der Waals surface area contributed by atoms with Gasteiger partial charge in [-0.25, -0.2) is 15.0 Å². The van der Waals surface area contributed by atoms with Gasteiger partial charge in [0.05, 0.1) is 23.8 Å². The zero-order valence-electron chi connectivity index (χ0n) is 13.2. The van der Waals surface area contributed by atoms with Crippen molar-refractivity contribution >= 4 is 33.5 Å². The molecule has 1 aliphatic rings. The predicted octanol–water partition coefficient (Wildman–Crippen LogP) is 2.40. The molecular formula is C17H16FN5O. The van der Waals surface area contributed by atoms with Gasteiger partial charge in [0.25, 0.3) is 0 Å². The summed E-state index contributed by atoms with van der Waals surface area (Å²) in [5.41, 5.74) is 3.57. The van der Waals surface area contributed by atoms with Crippen LogP contribution in [0.5, 0.6) is 0 Å². The van der Waals surface area contributed by atoms with Crippen molar-refractivity contribution in [2.75, 3.05) is 19.6 Å². The van der Waals surface area contributed by atoms with E-state index in [1.165, 1.54) is 0 Å². The number of H-pyrrole nitrogens is 1. The number of carbonyl (C=O) groups excluding carboxylic acids is 1. The molecule has 3 aromatic rings. The Bertz CT molecular complexity index is 978. The molecule has 6 nitrogen and oxygen atoms in total. The van der Waals surface area contributed by atoms with Gasteiger partial charge in [0.15, 0.2) is 0 Å². The summed E-state index contributed by atoms with van der Waals surface area (Å²) in [5, 5.41) is 1.96. The van der Waals surface area contributed by atoms with Gasteiger partial charge in [-0.3, -0.25) is 9.69 Å². The van der Waals surface area contributed by atoms with Gasteiger partial charge in [0.2, 0.25) is 0 Å². The molecule has 0 bridgehead atoms. The number of carbonyl (C=O) groups is 1. The number of halogens is 1. The van der Waals surface area contributed by atoms with Crippen molar-refractivity contribution in [2.45, 2.75) is 13.3 Å². The first-order valence-corrected chi connectivity index (χ1v) is 7.82. The molecule has 0 saturated carbocycles. The lowest BCUT2D eigenvalue weighted by molar-refractivity contribution is -0.129. The van der Waals surface area contributed by atoms with Gasteiger partial charge in [0.1, 0.15) is 11.5 Å². The second-order valence-corrected chi connectivity index (χ2v) is 5.95. The van der Waals surface area contributed by atoms with E-state index in [1.807, 2.05) is 24.1 Å². The third kappa shape index (κ3) is 2.56. The van der Waals surface area contributed by atoms with Gasteiger partial charge < -0.3 is 4.98 Å². The summed E-state index contributed by atoms with van der Waals surface area (Å²) in [5.74, 6) is 0.687. The monoisotopic (exact) mass is 325 g/mol. The summed E-state index contributed by atoms with van der Waals surface area (Å²) < 4.78 is 12.5. The van der Waals surface area contributed by atoms with Crippen molar-refractivity contribution < 1.29 is 9.18 Å². The molecule has 7 heteroatoms. The van der Waals surface area contributed by atoms with Crippen molar-refractivity contribution in [1.82, 2.24) is 24.8 Å². The SMILES string of the molecule is Cc1nc(C2=CCN(CCC(=O)F)C2)c2c(cnc3[nH]ccc32)n1. The Morgan fingerprint density at radius 2 is 2.29 bits per heavy atom. The Morgan fingerprint density at radius 1 is 1.42 bits per heavy atom. The first kappa shape index (κ1) is 14.9. The number of fused-ring (bicyclic) bond motifs is 3. The van der Waals surface area contributed by atoms with Crippen LogP contribution in [0.25, 0.3) is 27.5 Å². The lowest BCUT2D eigenvalue weighted by atomic mass is 10.1. The Labute approximate surface area is 137 Å². The van der Waals surface area contributed by atoms with E-state index < -0.39 is 6.04 Å². The van der Waals surface area contributed by atoms with E-state index in [0.29, 0.717) is 25.5 Å². The number of nitrogens with zero attached hydrogens (tertiary/aromatic N) is 4. The van der Waals surface area contributed by atoms with Gasteiger partial charge >= 0.3 is 6.04 Å². The molecule has 122 valence electrons. The lowest BCUT2D eigenvalue weighted by Gasteiger charge is -2.15. The topological polar surface area (TPSA) is 74.8 Å². The smallest absolute Gasteiger partial charge is 0.302 e. The number of hydrogen-bond acceptors (Lipinski definition) is 5. The first-order chi connectivity index (χ1) is 11.6. The molecule has 0 fully saturated rings. The largest absolute Gasteiger partial charge is 0.346 e. The van der Waals surface area contributed by atoms with Crippen molar-refractivity contribution in [2.24, 2.45) is 0 Å². The van der Waals surface area contributed by atoms with Crippen LogP contribution in [0.15, 0.2) is 24.5 Å². The zero-order chi connectivity index (χ0) is 16.7. The van der Waals surface area contributed by atoms with E-state index in [-0.39, 0.29) is 6.42 Å². The highest BCUT2D eigenvalue weighted by Gasteiger charge is 2.21. The number of hydrogen-bond donors (Lipinski definition) is 1. The molecular weight excluding hydrogens is 309 g/mol. The van der Waals surface area contributed by atoms with Crippen LogP contribution in [0, 0.1) is 6.92 Å². The summed E-state index contributed by atoms with van der Waals surface area (Å²) in [6.07, 6.45) is 5.61. The third-order valence-corrected chi connectivity index (χ3v) is 4.28. The van der Waals surface area contributed by atoms with Crippen LogP contribution in [0.3, 0.4) is 0 Å². The van der Waals surface area contributed by atoms with Crippen molar-refractivity contribution in [3.8, 4) is 0 Å². The van der Waals surface area contributed by atoms with E-state index in [4.69, 9.17) is 0 Å². The van der Waals surface area contributed by atoms with Crippen LogP contribution in [-0.4, -0.2) is 50.5 Å². The number of aromatic nitrogens is 4. The Morgan fingerprint density at radius 3 is 3.12 bits per heavy atom. The fourth-order valence-corrected chi connectivity index (χ4v) is 3.18. The normalized spacial score (nSPS) is 15.3. The van der Waals surface area contributed by atoms with Gasteiger partial charge in [-0.05, 0) is 18.6 Å².